The average molecular weight is 221 g/mol. The molecule has 2 heteroatoms. The van der Waals surface area contributed by atoms with Gasteiger partial charge in [0.1, 0.15) is 0 Å². The molecule has 1 rings (SSSR count). The van der Waals surface area contributed by atoms with Crippen LogP contribution in [0.5, 0.6) is 0 Å². The van der Waals surface area contributed by atoms with E-state index in [1.165, 1.54) is 16.7 Å². The first-order valence-corrected chi connectivity index (χ1v) is 6.02. The van der Waals surface area contributed by atoms with Gasteiger partial charge < -0.3 is 10.5 Å². The highest BCUT2D eigenvalue weighted by atomic mass is 16.5. The van der Waals surface area contributed by atoms with Gasteiger partial charge in [0.15, 0.2) is 0 Å². The van der Waals surface area contributed by atoms with E-state index >= 15 is 0 Å². The Kier molecular flexibility index (Phi) is 5.50. The summed E-state index contributed by atoms with van der Waals surface area (Å²) in [6.07, 6.45) is 1.95. The van der Waals surface area contributed by atoms with Gasteiger partial charge in [0.2, 0.25) is 0 Å². The molecule has 0 aliphatic rings. The molecule has 0 fully saturated rings. The van der Waals surface area contributed by atoms with Gasteiger partial charge in [-0.25, -0.2) is 0 Å². The fraction of sp³-hybridized carbons (Fsp3) is 0.571. The second-order valence-electron chi connectivity index (χ2n) is 4.54. The van der Waals surface area contributed by atoms with Gasteiger partial charge >= 0.3 is 0 Å². The molecule has 90 valence electrons. The third-order valence-corrected chi connectivity index (χ3v) is 2.46. The molecule has 0 aliphatic carbocycles. The maximum Gasteiger partial charge on any atom is 0.0620 e. The van der Waals surface area contributed by atoms with Crippen LogP contribution < -0.4 is 5.73 Å². The second kappa shape index (κ2) is 6.66. The predicted octanol–water partition coefficient (Wildman–Crippen LogP) is 2.60. The molecule has 1 atom stereocenters. The summed E-state index contributed by atoms with van der Waals surface area (Å²) in [5, 5.41) is 0. The van der Waals surface area contributed by atoms with Gasteiger partial charge in [-0.05, 0) is 32.3 Å². The minimum atomic E-state index is 0.104. The van der Waals surface area contributed by atoms with Crippen molar-refractivity contribution in [2.45, 2.75) is 39.7 Å². The van der Waals surface area contributed by atoms with Crippen molar-refractivity contribution in [1.82, 2.24) is 0 Å². The minimum absolute atomic E-state index is 0.104. The molecule has 0 spiro atoms. The van der Waals surface area contributed by atoms with Crippen LogP contribution in [0.4, 0.5) is 0 Å². The van der Waals surface area contributed by atoms with Crippen LogP contribution in [0.3, 0.4) is 0 Å². The Morgan fingerprint density at radius 3 is 2.38 bits per heavy atom. The highest BCUT2D eigenvalue weighted by Crippen LogP contribution is 2.10. The molecule has 2 N–H and O–H groups in total. The van der Waals surface area contributed by atoms with Crippen molar-refractivity contribution in [2.75, 3.05) is 13.2 Å². The van der Waals surface area contributed by atoms with Crippen molar-refractivity contribution in [1.29, 1.82) is 0 Å². The predicted molar refractivity (Wildman–Crippen MR) is 68.7 cm³/mol. The van der Waals surface area contributed by atoms with Gasteiger partial charge in [-0.3, -0.25) is 0 Å². The van der Waals surface area contributed by atoms with Gasteiger partial charge in [0.05, 0.1) is 6.61 Å². The molecule has 0 saturated heterocycles. The molecule has 1 aromatic carbocycles. The maximum atomic E-state index is 6.02. The first kappa shape index (κ1) is 13.2. The minimum Gasteiger partial charge on any atom is -0.380 e. The van der Waals surface area contributed by atoms with E-state index in [4.69, 9.17) is 10.5 Å². The van der Waals surface area contributed by atoms with Crippen LogP contribution in [0.15, 0.2) is 18.2 Å². The van der Waals surface area contributed by atoms with Crippen molar-refractivity contribution in [2.24, 2.45) is 5.73 Å². The summed E-state index contributed by atoms with van der Waals surface area (Å²) >= 11 is 0. The Morgan fingerprint density at radius 2 is 1.81 bits per heavy atom. The molecule has 0 aliphatic heterocycles. The standard InChI is InChI=1S/C14H23NO/c1-4-5-16-10-14(15)9-13-7-11(2)6-12(3)8-13/h6-8,14H,4-5,9-10,15H2,1-3H3. The van der Waals surface area contributed by atoms with Gasteiger partial charge in [0, 0.05) is 12.6 Å². The van der Waals surface area contributed by atoms with Gasteiger partial charge in [-0.15, -0.1) is 0 Å². The fourth-order valence-electron chi connectivity index (χ4n) is 1.93. The molecule has 0 radical (unpaired) electrons. The van der Waals surface area contributed by atoms with E-state index in [0.29, 0.717) is 6.61 Å². The highest BCUT2D eigenvalue weighted by Gasteiger charge is 2.05. The van der Waals surface area contributed by atoms with E-state index in [0.717, 1.165) is 19.4 Å². The van der Waals surface area contributed by atoms with Crippen molar-refractivity contribution >= 4 is 0 Å². The molecule has 0 aromatic heterocycles. The summed E-state index contributed by atoms with van der Waals surface area (Å²) in [6.45, 7) is 7.81. The van der Waals surface area contributed by atoms with Crippen LogP contribution in [0.2, 0.25) is 0 Å². The molecule has 1 unspecified atom stereocenters. The molecule has 0 saturated carbocycles. The highest BCUT2D eigenvalue weighted by molar-refractivity contribution is 5.29. The quantitative estimate of drug-likeness (QED) is 0.749. The number of hydrogen-bond donors (Lipinski definition) is 1. The zero-order valence-electron chi connectivity index (χ0n) is 10.6. The van der Waals surface area contributed by atoms with E-state index < -0.39 is 0 Å². The van der Waals surface area contributed by atoms with Crippen LogP contribution >= 0.6 is 0 Å². The lowest BCUT2D eigenvalue weighted by molar-refractivity contribution is 0.121. The SMILES string of the molecule is CCCOCC(N)Cc1cc(C)cc(C)c1. The molecule has 2 nitrogen and oxygen atoms in total. The third kappa shape index (κ3) is 4.77. The van der Waals surface area contributed by atoms with Crippen LogP contribution in [-0.4, -0.2) is 19.3 Å². The summed E-state index contributed by atoms with van der Waals surface area (Å²) in [5.74, 6) is 0. The van der Waals surface area contributed by atoms with Gasteiger partial charge in [0.25, 0.3) is 0 Å². The molecule has 0 heterocycles. The number of hydrogen-bond acceptors (Lipinski definition) is 2. The van der Waals surface area contributed by atoms with Crippen LogP contribution in [-0.2, 0) is 11.2 Å². The molecule has 0 bridgehead atoms. The Balaban J connectivity index is 2.45. The lowest BCUT2D eigenvalue weighted by atomic mass is 10.0. The Hall–Kier alpha value is -0.860. The summed E-state index contributed by atoms with van der Waals surface area (Å²) in [4.78, 5) is 0. The number of benzene rings is 1. The molecular formula is C14H23NO. The van der Waals surface area contributed by atoms with E-state index in [9.17, 15) is 0 Å². The second-order valence-corrected chi connectivity index (χ2v) is 4.54. The topological polar surface area (TPSA) is 35.2 Å². The van der Waals surface area contributed by atoms with E-state index in [2.05, 4.69) is 39.0 Å². The summed E-state index contributed by atoms with van der Waals surface area (Å²) in [6, 6.07) is 6.69. The fourth-order valence-corrected chi connectivity index (χ4v) is 1.93. The van der Waals surface area contributed by atoms with Crippen LogP contribution in [0, 0.1) is 13.8 Å². The summed E-state index contributed by atoms with van der Waals surface area (Å²) in [5.41, 5.74) is 9.94. The van der Waals surface area contributed by atoms with Crippen LogP contribution in [0.1, 0.15) is 30.0 Å². The van der Waals surface area contributed by atoms with Crippen molar-refractivity contribution in [3.05, 3.63) is 34.9 Å². The monoisotopic (exact) mass is 221 g/mol. The lowest BCUT2D eigenvalue weighted by Crippen LogP contribution is -2.28. The van der Waals surface area contributed by atoms with Crippen molar-refractivity contribution in [3.63, 3.8) is 0 Å². The molecule has 16 heavy (non-hydrogen) atoms. The first-order chi connectivity index (χ1) is 7.61. The Labute approximate surface area is 98.8 Å². The summed E-state index contributed by atoms with van der Waals surface area (Å²) in [7, 11) is 0. The van der Waals surface area contributed by atoms with Crippen molar-refractivity contribution < 1.29 is 4.74 Å². The maximum absolute atomic E-state index is 6.02. The number of rotatable bonds is 6. The first-order valence-electron chi connectivity index (χ1n) is 6.02. The largest absolute Gasteiger partial charge is 0.380 e. The molecular weight excluding hydrogens is 198 g/mol. The zero-order valence-corrected chi connectivity index (χ0v) is 10.6. The van der Waals surface area contributed by atoms with Crippen LogP contribution in [0.25, 0.3) is 0 Å². The summed E-state index contributed by atoms with van der Waals surface area (Å²) < 4.78 is 5.45. The van der Waals surface area contributed by atoms with E-state index in [1.807, 2.05) is 0 Å². The average Bonchev–Trinajstić information content (AvgIpc) is 2.16. The lowest BCUT2D eigenvalue weighted by Gasteiger charge is -2.13. The Bertz CT molecular complexity index is 302. The number of nitrogens with two attached hydrogens (primary N) is 1. The van der Waals surface area contributed by atoms with Crippen molar-refractivity contribution in [3.8, 4) is 0 Å². The normalized spacial score (nSPS) is 12.8. The molecule has 0 amide bonds. The van der Waals surface area contributed by atoms with Gasteiger partial charge in [-0.1, -0.05) is 36.2 Å². The van der Waals surface area contributed by atoms with E-state index in [1.54, 1.807) is 0 Å². The smallest absolute Gasteiger partial charge is 0.0620 e. The van der Waals surface area contributed by atoms with E-state index in [-0.39, 0.29) is 6.04 Å². The van der Waals surface area contributed by atoms with Gasteiger partial charge in [-0.2, -0.15) is 0 Å². The number of aryl methyl sites for hydroxylation is 2. The Morgan fingerprint density at radius 1 is 1.19 bits per heavy atom. The number of ether oxygens (including phenoxy) is 1. The molecule has 1 aromatic rings. The third-order valence-electron chi connectivity index (χ3n) is 2.46. The zero-order chi connectivity index (χ0) is 12.0.